The molecule has 0 radical (unpaired) electrons. The first-order valence-corrected chi connectivity index (χ1v) is 7.72. The van der Waals surface area contributed by atoms with Gasteiger partial charge in [-0.1, -0.05) is 6.92 Å². The highest BCUT2D eigenvalue weighted by Crippen LogP contribution is 2.23. The maximum absolute atomic E-state index is 5.08. The van der Waals surface area contributed by atoms with Crippen molar-refractivity contribution in [3.63, 3.8) is 0 Å². The highest BCUT2D eigenvalue weighted by molar-refractivity contribution is 5.42. The van der Waals surface area contributed by atoms with Gasteiger partial charge < -0.3 is 15.0 Å². The van der Waals surface area contributed by atoms with E-state index in [9.17, 15) is 0 Å². The second-order valence-electron chi connectivity index (χ2n) is 5.70. The van der Waals surface area contributed by atoms with Gasteiger partial charge in [0.1, 0.15) is 0 Å². The Bertz CT molecular complexity index is 385. The Kier molecular flexibility index (Phi) is 5.65. The highest BCUT2D eigenvalue weighted by Gasteiger charge is 2.23. The van der Waals surface area contributed by atoms with Gasteiger partial charge in [0.05, 0.1) is 19.0 Å². The average Bonchev–Trinajstić information content (AvgIpc) is 2.49. The molecule has 1 atom stereocenters. The van der Waals surface area contributed by atoms with Crippen molar-refractivity contribution in [3.8, 4) is 5.88 Å². The molecule has 1 saturated heterocycles. The van der Waals surface area contributed by atoms with Gasteiger partial charge in [0, 0.05) is 12.1 Å². The Hall–Kier alpha value is -1.29. The Morgan fingerprint density at radius 3 is 2.70 bits per heavy atom. The van der Waals surface area contributed by atoms with Gasteiger partial charge in [0.15, 0.2) is 0 Å². The van der Waals surface area contributed by atoms with Crippen molar-refractivity contribution < 1.29 is 4.74 Å². The molecule has 1 aromatic rings. The SMILES string of the molecule is CCCN1CCC(C(C)Nc2ccc(OC)nc2)CC1. The highest BCUT2D eigenvalue weighted by atomic mass is 16.5. The van der Waals surface area contributed by atoms with Crippen molar-refractivity contribution >= 4 is 5.69 Å². The van der Waals surface area contributed by atoms with E-state index in [2.05, 4.69) is 29.0 Å². The predicted molar refractivity (Wildman–Crippen MR) is 83.3 cm³/mol. The molecule has 0 bridgehead atoms. The lowest BCUT2D eigenvalue weighted by molar-refractivity contribution is 0.176. The van der Waals surface area contributed by atoms with Gasteiger partial charge in [-0.3, -0.25) is 0 Å². The third-order valence-electron chi connectivity index (χ3n) is 4.22. The van der Waals surface area contributed by atoms with Gasteiger partial charge in [0.25, 0.3) is 0 Å². The van der Waals surface area contributed by atoms with Crippen LogP contribution >= 0.6 is 0 Å². The van der Waals surface area contributed by atoms with E-state index < -0.39 is 0 Å². The van der Waals surface area contributed by atoms with Crippen molar-refractivity contribution in [2.24, 2.45) is 5.92 Å². The molecular formula is C16H27N3O. The molecule has 1 unspecified atom stereocenters. The van der Waals surface area contributed by atoms with Gasteiger partial charge in [-0.25, -0.2) is 4.98 Å². The molecule has 1 N–H and O–H groups in total. The topological polar surface area (TPSA) is 37.4 Å². The molecule has 1 fully saturated rings. The summed E-state index contributed by atoms with van der Waals surface area (Å²) in [6.07, 6.45) is 5.69. The van der Waals surface area contributed by atoms with Crippen LogP contribution in [0.4, 0.5) is 5.69 Å². The summed E-state index contributed by atoms with van der Waals surface area (Å²) in [6.45, 7) is 8.27. The molecule has 0 aliphatic carbocycles. The lowest BCUT2D eigenvalue weighted by Gasteiger charge is -2.35. The summed E-state index contributed by atoms with van der Waals surface area (Å²) in [6, 6.07) is 4.43. The van der Waals surface area contributed by atoms with Crippen LogP contribution in [-0.2, 0) is 0 Å². The standard InChI is InChI=1S/C16H27N3O/c1-4-9-19-10-7-14(8-11-19)13(2)18-15-5-6-16(20-3)17-12-15/h5-6,12-14,18H,4,7-11H2,1-3H3. The summed E-state index contributed by atoms with van der Waals surface area (Å²) in [5.74, 6) is 1.42. The van der Waals surface area contributed by atoms with Gasteiger partial charge in [-0.05, 0) is 57.8 Å². The van der Waals surface area contributed by atoms with Crippen LogP contribution in [0.2, 0.25) is 0 Å². The zero-order valence-electron chi connectivity index (χ0n) is 12.9. The minimum Gasteiger partial charge on any atom is -0.481 e. The van der Waals surface area contributed by atoms with Crippen LogP contribution in [0.5, 0.6) is 5.88 Å². The van der Waals surface area contributed by atoms with Gasteiger partial charge in [-0.2, -0.15) is 0 Å². The second-order valence-corrected chi connectivity index (χ2v) is 5.70. The summed E-state index contributed by atoms with van der Waals surface area (Å²) in [5, 5.41) is 3.57. The molecule has 2 heterocycles. The normalized spacial score (nSPS) is 18.8. The van der Waals surface area contributed by atoms with Crippen molar-refractivity contribution in [3.05, 3.63) is 18.3 Å². The maximum atomic E-state index is 5.08. The Morgan fingerprint density at radius 1 is 1.40 bits per heavy atom. The number of likely N-dealkylation sites (tertiary alicyclic amines) is 1. The van der Waals surface area contributed by atoms with E-state index in [4.69, 9.17) is 4.74 Å². The molecule has 0 amide bonds. The predicted octanol–water partition coefficient (Wildman–Crippen LogP) is 3.01. The summed E-state index contributed by atoms with van der Waals surface area (Å²) in [7, 11) is 1.64. The number of hydrogen-bond acceptors (Lipinski definition) is 4. The monoisotopic (exact) mass is 277 g/mol. The summed E-state index contributed by atoms with van der Waals surface area (Å²) in [4.78, 5) is 6.82. The Balaban J connectivity index is 1.81. The van der Waals surface area contributed by atoms with E-state index in [0.717, 1.165) is 11.6 Å². The van der Waals surface area contributed by atoms with Crippen LogP contribution in [-0.4, -0.2) is 42.7 Å². The molecule has 1 aromatic heterocycles. The van der Waals surface area contributed by atoms with E-state index in [-0.39, 0.29) is 0 Å². The Morgan fingerprint density at radius 2 is 2.15 bits per heavy atom. The zero-order valence-corrected chi connectivity index (χ0v) is 12.9. The minimum absolute atomic E-state index is 0.494. The number of aromatic nitrogens is 1. The van der Waals surface area contributed by atoms with Crippen molar-refractivity contribution in [2.75, 3.05) is 32.1 Å². The third kappa shape index (κ3) is 4.10. The first-order chi connectivity index (χ1) is 9.72. The van der Waals surface area contributed by atoms with E-state index in [1.54, 1.807) is 7.11 Å². The first-order valence-electron chi connectivity index (χ1n) is 7.72. The van der Waals surface area contributed by atoms with E-state index in [1.165, 1.54) is 38.9 Å². The lowest BCUT2D eigenvalue weighted by Crippen LogP contribution is -2.39. The van der Waals surface area contributed by atoms with Crippen molar-refractivity contribution in [1.82, 2.24) is 9.88 Å². The third-order valence-corrected chi connectivity index (χ3v) is 4.22. The molecular weight excluding hydrogens is 250 g/mol. The van der Waals surface area contributed by atoms with Crippen LogP contribution in [0.3, 0.4) is 0 Å². The van der Waals surface area contributed by atoms with Gasteiger partial charge in [0.2, 0.25) is 5.88 Å². The summed E-state index contributed by atoms with van der Waals surface area (Å²) >= 11 is 0. The average molecular weight is 277 g/mol. The van der Waals surface area contributed by atoms with Crippen molar-refractivity contribution in [1.29, 1.82) is 0 Å². The van der Waals surface area contributed by atoms with Crippen LogP contribution in [0, 0.1) is 5.92 Å². The van der Waals surface area contributed by atoms with Gasteiger partial charge >= 0.3 is 0 Å². The fraction of sp³-hybridized carbons (Fsp3) is 0.688. The Labute approximate surface area is 122 Å². The molecule has 0 saturated carbocycles. The van der Waals surface area contributed by atoms with E-state index >= 15 is 0 Å². The molecule has 0 spiro atoms. The molecule has 4 heteroatoms. The molecule has 0 aromatic carbocycles. The minimum atomic E-state index is 0.494. The number of hydrogen-bond donors (Lipinski definition) is 1. The quantitative estimate of drug-likeness (QED) is 0.867. The number of ether oxygens (including phenoxy) is 1. The van der Waals surface area contributed by atoms with E-state index in [1.807, 2.05) is 18.3 Å². The summed E-state index contributed by atoms with van der Waals surface area (Å²) < 4.78 is 5.08. The summed E-state index contributed by atoms with van der Waals surface area (Å²) in [5.41, 5.74) is 1.08. The number of pyridine rings is 1. The molecule has 20 heavy (non-hydrogen) atoms. The number of methoxy groups -OCH3 is 1. The molecule has 112 valence electrons. The number of nitrogens with zero attached hydrogens (tertiary/aromatic N) is 2. The fourth-order valence-electron chi connectivity index (χ4n) is 2.96. The van der Waals surface area contributed by atoms with Crippen LogP contribution < -0.4 is 10.1 Å². The van der Waals surface area contributed by atoms with Gasteiger partial charge in [-0.15, -0.1) is 0 Å². The number of anilines is 1. The molecule has 1 aliphatic heterocycles. The fourth-order valence-corrected chi connectivity index (χ4v) is 2.96. The maximum Gasteiger partial charge on any atom is 0.213 e. The molecule has 2 rings (SSSR count). The second kappa shape index (κ2) is 7.48. The molecule has 4 nitrogen and oxygen atoms in total. The van der Waals surface area contributed by atoms with Crippen LogP contribution in [0.25, 0.3) is 0 Å². The first kappa shape index (κ1) is 15.1. The smallest absolute Gasteiger partial charge is 0.213 e. The zero-order chi connectivity index (χ0) is 14.4. The number of piperidine rings is 1. The number of rotatable bonds is 6. The van der Waals surface area contributed by atoms with Crippen molar-refractivity contribution in [2.45, 2.75) is 39.2 Å². The van der Waals surface area contributed by atoms with Crippen LogP contribution in [0.15, 0.2) is 18.3 Å². The van der Waals surface area contributed by atoms with Crippen LogP contribution in [0.1, 0.15) is 33.1 Å². The largest absolute Gasteiger partial charge is 0.481 e. The number of nitrogens with one attached hydrogen (secondary N) is 1. The molecule has 1 aliphatic rings. The lowest BCUT2D eigenvalue weighted by atomic mass is 9.90. The van der Waals surface area contributed by atoms with E-state index in [0.29, 0.717) is 11.9 Å².